The number of hydrogen-bond donors (Lipinski definition) is 0. The summed E-state index contributed by atoms with van der Waals surface area (Å²) < 4.78 is 0.431. The SMILES string of the molecule is [N-]=[N+]=Nc1ccccc1C1SCCCS1. The maximum absolute atomic E-state index is 8.49. The Kier molecular flexibility index (Phi) is 3.83. The van der Waals surface area contributed by atoms with Crippen LogP contribution in [0.4, 0.5) is 5.69 Å². The van der Waals surface area contributed by atoms with Gasteiger partial charge in [0, 0.05) is 10.6 Å². The third-order valence-electron chi connectivity index (χ3n) is 2.17. The van der Waals surface area contributed by atoms with E-state index in [1.807, 2.05) is 41.7 Å². The van der Waals surface area contributed by atoms with Gasteiger partial charge < -0.3 is 0 Å². The smallest absolute Gasteiger partial charge is 0.0755 e. The Balaban J connectivity index is 2.28. The molecule has 0 spiro atoms. The highest BCUT2D eigenvalue weighted by Crippen LogP contribution is 2.46. The van der Waals surface area contributed by atoms with Crippen LogP contribution in [0.2, 0.25) is 0 Å². The maximum atomic E-state index is 8.49. The fourth-order valence-corrected chi connectivity index (χ4v) is 4.45. The van der Waals surface area contributed by atoms with Crippen molar-refractivity contribution in [1.82, 2.24) is 0 Å². The van der Waals surface area contributed by atoms with Crippen molar-refractivity contribution in [2.75, 3.05) is 11.5 Å². The fourth-order valence-electron chi connectivity index (χ4n) is 1.49. The molecule has 0 bridgehead atoms. The summed E-state index contributed by atoms with van der Waals surface area (Å²) in [6.07, 6.45) is 1.27. The summed E-state index contributed by atoms with van der Waals surface area (Å²) in [7, 11) is 0. The quantitative estimate of drug-likeness (QED) is 0.432. The highest BCUT2D eigenvalue weighted by Gasteiger charge is 2.18. The first kappa shape index (κ1) is 10.7. The van der Waals surface area contributed by atoms with Crippen LogP contribution in [0.3, 0.4) is 0 Å². The summed E-state index contributed by atoms with van der Waals surface area (Å²) in [5.74, 6) is 2.39. The van der Waals surface area contributed by atoms with Gasteiger partial charge in [0.05, 0.1) is 4.58 Å². The van der Waals surface area contributed by atoms with Crippen LogP contribution >= 0.6 is 23.5 Å². The number of hydrogen-bond acceptors (Lipinski definition) is 3. The van der Waals surface area contributed by atoms with Crippen molar-refractivity contribution in [2.45, 2.75) is 11.0 Å². The fraction of sp³-hybridized carbons (Fsp3) is 0.400. The zero-order valence-corrected chi connectivity index (χ0v) is 9.80. The van der Waals surface area contributed by atoms with E-state index < -0.39 is 0 Å². The largest absolute Gasteiger partial charge is 0.143 e. The van der Waals surface area contributed by atoms with Gasteiger partial charge in [0.1, 0.15) is 0 Å². The molecule has 0 radical (unpaired) electrons. The predicted molar refractivity (Wildman–Crippen MR) is 67.5 cm³/mol. The lowest BCUT2D eigenvalue weighted by Crippen LogP contribution is -2.00. The zero-order valence-electron chi connectivity index (χ0n) is 8.17. The van der Waals surface area contributed by atoms with Crippen LogP contribution in [0.25, 0.3) is 10.4 Å². The van der Waals surface area contributed by atoms with E-state index in [-0.39, 0.29) is 0 Å². The third kappa shape index (κ3) is 2.62. The molecule has 1 aliphatic rings. The second-order valence-electron chi connectivity index (χ2n) is 3.18. The summed E-state index contributed by atoms with van der Waals surface area (Å²) in [6.45, 7) is 0. The van der Waals surface area contributed by atoms with Gasteiger partial charge in [-0.05, 0) is 29.0 Å². The van der Waals surface area contributed by atoms with Crippen molar-refractivity contribution in [1.29, 1.82) is 0 Å². The van der Waals surface area contributed by atoms with E-state index in [0.717, 1.165) is 11.3 Å². The standard InChI is InChI=1S/C10H11N3S2/c11-13-12-9-5-2-1-4-8(9)10-14-6-3-7-15-10/h1-2,4-5,10H,3,6-7H2. The lowest BCUT2D eigenvalue weighted by atomic mass is 10.2. The van der Waals surface area contributed by atoms with E-state index >= 15 is 0 Å². The highest BCUT2D eigenvalue weighted by molar-refractivity contribution is 8.16. The average molecular weight is 237 g/mol. The summed E-state index contributed by atoms with van der Waals surface area (Å²) in [4.78, 5) is 2.87. The summed E-state index contributed by atoms with van der Waals surface area (Å²) in [5, 5.41) is 3.74. The van der Waals surface area contributed by atoms with E-state index in [1.165, 1.54) is 17.9 Å². The average Bonchev–Trinajstić information content (AvgIpc) is 2.31. The van der Waals surface area contributed by atoms with Gasteiger partial charge in [-0.25, -0.2) is 0 Å². The normalized spacial score (nSPS) is 17.1. The van der Waals surface area contributed by atoms with Gasteiger partial charge >= 0.3 is 0 Å². The predicted octanol–water partition coefficient (Wildman–Crippen LogP) is 4.50. The lowest BCUT2D eigenvalue weighted by Gasteiger charge is -2.22. The summed E-state index contributed by atoms with van der Waals surface area (Å²) in [5.41, 5.74) is 10.4. The molecule has 0 aromatic heterocycles. The second kappa shape index (κ2) is 5.35. The number of rotatable bonds is 2. The van der Waals surface area contributed by atoms with E-state index in [9.17, 15) is 0 Å². The minimum absolute atomic E-state index is 0.431. The van der Waals surface area contributed by atoms with E-state index in [1.54, 1.807) is 0 Å². The number of thioether (sulfide) groups is 2. The first-order valence-corrected chi connectivity index (χ1v) is 6.89. The molecule has 1 saturated heterocycles. The molecule has 1 fully saturated rings. The number of benzene rings is 1. The van der Waals surface area contributed by atoms with Crippen LogP contribution in [0.1, 0.15) is 16.6 Å². The van der Waals surface area contributed by atoms with Gasteiger partial charge in [0.15, 0.2) is 0 Å². The molecule has 5 heteroatoms. The zero-order chi connectivity index (χ0) is 10.5. The minimum Gasteiger partial charge on any atom is -0.143 e. The molecule has 0 aliphatic carbocycles. The van der Waals surface area contributed by atoms with E-state index in [4.69, 9.17) is 5.53 Å². The molecule has 0 amide bonds. The summed E-state index contributed by atoms with van der Waals surface area (Å²) in [6, 6.07) is 7.85. The van der Waals surface area contributed by atoms with Crippen LogP contribution in [0, 0.1) is 0 Å². The Labute approximate surface area is 97.3 Å². The molecule has 0 saturated carbocycles. The van der Waals surface area contributed by atoms with Crippen molar-refractivity contribution >= 4 is 29.2 Å². The molecule has 15 heavy (non-hydrogen) atoms. The van der Waals surface area contributed by atoms with Gasteiger partial charge in [-0.2, -0.15) is 0 Å². The van der Waals surface area contributed by atoms with Crippen LogP contribution in [-0.4, -0.2) is 11.5 Å². The highest BCUT2D eigenvalue weighted by atomic mass is 32.2. The van der Waals surface area contributed by atoms with Crippen LogP contribution in [0.5, 0.6) is 0 Å². The van der Waals surface area contributed by atoms with Crippen molar-refractivity contribution < 1.29 is 0 Å². The molecule has 2 rings (SSSR count). The molecule has 0 N–H and O–H groups in total. The Bertz CT molecular complexity index is 382. The second-order valence-corrected chi connectivity index (χ2v) is 5.90. The van der Waals surface area contributed by atoms with Crippen LogP contribution < -0.4 is 0 Å². The van der Waals surface area contributed by atoms with Crippen molar-refractivity contribution in [3.63, 3.8) is 0 Å². The molecule has 0 atom stereocenters. The van der Waals surface area contributed by atoms with Gasteiger partial charge in [0.25, 0.3) is 0 Å². The van der Waals surface area contributed by atoms with Gasteiger partial charge in [0.2, 0.25) is 0 Å². The molecular weight excluding hydrogens is 226 g/mol. The Morgan fingerprint density at radius 2 is 2.00 bits per heavy atom. The van der Waals surface area contributed by atoms with Gasteiger partial charge in [-0.1, -0.05) is 29.4 Å². The van der Waals surface area contributed by atoms with E-state index in [2.05, 4.69) is 16.1 Å². The topological polar surface area (TPSA) is 48.8 Å². The molecule has 0 unspecified atom stereocenters. The third-order valence-corrected chi connectivity index (χ3v) is 5.15. The summed E-state index contributed by atoms with van der Waals surface area (Å²) >= 11 is 3.87. The number of azide groups is 1. The Morgan fingerprint density at radius 3 is 2.73 bits per heavy atom. The first-order valence-electron chi connectivity index (χ1n) is 4.79. The molecule has 1 aromatic carbocycles. The Morgan fingerprint density at radius 1 is 1.27 bits per heavy atom. The monoisotopic (exact) mass is 237 g/mol. The molecule has 1 aromatic rings. The van der Waals surface area contributed by atoms with Gasteiger partial charge in [-0.15, -0.1) is 23.5 Å². The van der Waals surface area contributed by atoms with Crippen LogP contribution in [0.15, 0.2) is 29.4 Å². The molecular formula is C10H11N3S2. The lowest BCUT2D eigenvalue weighted by molar-refractivity contribution is 1.10. The maximum Gasteiger partial charge on any atom is 0.0755 e. The van der Waals surface area contributed by atoms with Crippen molar-refractivity contribution in [2.24, 2.45) is 5.11 Å². The minimum atomic E-state index is 0.431. The first-order chi connectivity index (χ1) is 7.42. The van der Waals surface area contributed by atoms with Crippen molar-refractivity contribution in [3.05, 3.63) is 40.3 Å². The number of nitrogens with zero attached hydrogens (tertiary/aromatic N) is 3. The van der Waals surface area contributed by atoms with Gasteiger partial charge in [-0.3, -0.25) is 0 Å². The Hall–Kier alpha value is -0.770. The molecule has 1 aliphatic heterocycles. The molecule has 3 nitrogen and oxygen atoms in total. The van der Waals surface area contributed by atoms with E-state index in [0.29, 0.717) is 4.58 Å². The van der Waals surface area contributed by atoms with Crippen LogP contribution in [-0.2, 0) is 0 Å². The van der Waals surface area contributed by atoms with Crippen molar-refractivity contribution in [3.8, 4) is 0 Å². The molecule has 1 heterocycles. The molecule has 78 valence electrons.